The van der Waals surface area contributed by atoms with E-state index in [4.69, 9.17) is 0 Å². The zero-order valence-electron chi connectivity index (χ0n) is 19.9. The second kappa shape index (κ2) is 9.42. The van der Waals surface area contributed by atoms with Gasteiger partial charge in [0, 0.05) is 5.56 Å². The van der Waals surface area contributed by atoms with Crippen molar-refractivity contribution in [3.05, 3.63) is 93.4 Å². The van der Waals surface area contributed by atoms with Crippen LogP contribution in [0.2, 0.25) is 0 Å². The highest BCUT2D eigenvalue weighted by Crippen LogP contribution is 2.38. The second-order valence-corrected chi connectivity index (χ2v) is 8.55. The quantitative estimate of drug-likeness (QED) is 0.296. The molecule has 1 heterocycles. The van der Waals surface area contributed by atoms with Gasteiger partial charge < -0.3 is 10.2 Å². The van der Waals surface area contributed by atoms with Crippen LogP contribution in [0.4, 0.5) is 11.4 Å². The summed E-state index contributed by atoms with van der Waals surface area (Å²) < 4.78 is 1.42. The normalized spacial score (nSPS) is 12.2. The highest BCUT2D eigenvalue weighted by atomic mass is 16.4. The number of aromatic nitrogens is 2. The summed E-state index contributed by atoms with van der Waals surface area (Å²) in [6, 6.07) is 17.8. The lowest BCUT2D eigenvalue weighted by Gasteiger charge is -2.10. The van der Waals surface area contributed by atoms with E-state index in [-0.39, 0.29) is 22.7 Å². The number of para-hydroxylation sites is 1. The Hall–Kier alpha value is -4.46. The molecule has 0 fully saturated rings. The summed E-state index contributed by atoms with van der Waals surface area (Å²) in [5, 5.41) is 31.4. The third-order valence-electron chi connectivity index (χ3n) is 6.15. The Bertz CT molecular complexity index is 1500. The SMILES string of the molecule is Cc1ccc(-n2[nH]c(C)c(N=Nc3cccc(-c4ccc(C(C)C(=O)O)cc4)c3O)c2=O)cc1C. The zero-order valence-corrected chi connectivity index (χ0v) is 19.9. The fourth-order valence-electron chi connectivity index (χ4n) is 3.74. The van der Waals surface area contributed by atoms with E-state index in [0.717, 1.165) is 11.1 Å². The van der Waals surface area contributed by atoms with Crippen molar-refractivity contribution < 1.29 is 15.0 Å². The van der Waals surface area contributed by atoms with Crippen LogP contribution in [0.5, 0.6) is 5.75 Å². The first-order valence-electron chi connectivity index (χ1n) is 11.1. The molecule has 3 aromatic carbocycles. The van der Waals surface area contributed by atoms with Crippen molar-refractivity contribution in [1.82, 2.24) is 9.78 Å². The molecule has 35 heavy (non-hydrogen) atoms. The molecular weight excluding hydrogens is 444 g/mol. The lowest BCUT2D eigenvalue weighted by Crippen LogP contribution is -2.14. The molecule has 0 bridgehead atoms. The maximum absolute atomic E-state index is 13.0. The number of hydrogen-bond donors (Lipinski definition) is 3. The summed E-state index contributed by atoms with van der Waals surface area (Å²) in [7, 11) is 0. The highest BCUT2D eigenvalue weighted by molar-refractivity contribution is 5.78. The fraction of sp³-hybridized carbons (Fsp3) is 0.185. The van der Waals surface area contributed by atoms with Gasteiger partial charge in [-0.15, -0.1) is 10.2 Å². The highest BCUT2D eigenvalue weighted by Gasteiger charge is 2.16. The number of nitrogens with zero attached hydrogens (tertiary/aromatic N) is 3. The van der Waals surface area contributed by atoms with Crippen molar-refractivity contribution in [3.8, 4) is 22.6 Å². The van der Waals surface area contributed by atoms with Gasteiger partial charge in [0.2, 0.25) is 0 Å². The number of aliphatic carboxylic acids is 1. The van der Waals surface area contributed by atoms with Crippen molar-refractivity contribution in [2.24, 2.45) is 10.2 Å². The molecule has 1 aromatic heterocycles. The first kappa shape index (κ1) is 23.7. The number of aryl methyl sites for hydroxylation is 3. The van der Waals surface area contributed by atoms with Crippen LogP contribution in [0.15, 0.2) is 75.7 Å². The molecule has 0 saturated carbocycles. The van der Waals surface area contributed by atoms with Gasteiger partial charge in [-0.3, -0.25) is 14.7 Å². The summed E-state index contributed by atoms with van der Waals surface area (Å²) >= 11 is 0. The Morgan fingerprint density at radius 3 is 2.34 bits per heavy atom. The van der Waals surface area contributed by atoms with Crippen LogP contribution in [0.25, 0.3) is 16.8 Å². The topological polar surface area (TPSA) is 120 Å². The molecule has 1 atom stereocenters. The number of benzene rings is 3. The maximum Gasteiger partial charge on any atom is 0.310 e. The van der Waals surface area contributed by atoms with E-state index < -0.39 is 11.9 Å². The number of azo groups is 1. The molecule has 178 valence electrons. The van der Waals surface area contributed by atoms with E-state index in [9.17, 15) is 19.8 Å². The van der Waals surface area contributed by atoms with Crippen LogP contribution >= 0.6 is 0 Å². The Morgan fingerprint density at radius 2 is 1.69 bits per heavy atom. The molecule has 1 unspecified atom stereocenters. The molecule has 4 rings (SSSR count). The minimum absolute atomic E-state index is 0.0852. The van der Waals surface area contributed by atoms with Gasteiger partial charge in [-0.2, -0.15) is 0 Å². The maximum atomic E-state index is 13.0. The molecule has 0 aliphatic rings. The van der Waals surface area contributed by atoms with Gasteiger partial charge in [-0.1, -0.05) is 42.5 Å². The van der Waals surface area contributed by atoms with Crippen LogP contribution in [-0.4, -0.2) is 26.0 Å². The average Bonchev–Trinajstić information content (AvgIpc) is 3.13. The van der Waals surface area contributed by atoms with Gasteiger partial charge in [0.05, 0.1) is 17.3 Å². The number of carboxylic acid groups (broad SMARTS) is 1. The average molecular weight is 471 g/mol. The summed E-state index contributed by atoms with van der Waals surface area (Å²) in [6.07, 6.45) is 0. The van der Waals surface area contributed by atoms with Gasteiger partial charge in [-0.05, 0) is 68.1 Å². The summed E-state index contributed by atoms with van der Waals surface area (Å²) in [5.74, 6) is -1.62. The molecule has 0 aliphatic heterocycles. The molecule has 4 aromatic rings. The minimum Gasteiger partial charge on any atom is -0.505 e. The predicted octanol–water partition coefficient (Wildman–Crippen LogP) is 6.07. The largest absolute Gasteiger partial charge is 0.505 e. The lowest BCUT2D eigenvalue weighted by atomic mass is 9.97. The Kier molecular flexibility index (Phi) is 6.38. The second-order valence-electron chi connectivity index (χ2n) is 8.55. The van der Waals surface area contributed by atoms with E-state index >= 15 is 0 Å². The first-order valence-corrected chi connectivity index (χ1v) is 11.1. The standard InChI is InChI=1S/C27H26N4O4/c1-15-8-13-21(14-16(15)2)31-26(33)24(18(4)30-31)29-28-23-7-5-6-22(25(23)32)20-11-9-19(10-12-20)17(3)27(34)35/h5-14,17,30,32H,1-4H3,(H,34,35). The third kappa shape index (κ3) is 4.63. The van der Waals surface area contributed by atoms with Gasteiger partial charge in [0.15, 0.2) is 11.4 Å². The molecule has 0 saturated heterocycles. The predicted molar refractivity (Wildman–Crippen MR) is 134 cm³/mol. The zero-order chi connectivity index (χ0) is 25.3. The number of phenolic OH excluding ortho intramolecular Hbond substituents is 1. The van der Waals surface area contributed by atoms with E-state index in [1.54, 1.807) is 56.3 Å². The van der Waals surface area contributed by atoms with Crippen LogP contribution < -0.4 is 5.56 Å². The van der Waals surface area contributed by atoms with Crippen LogP contribution in [0.3, 0.4) is 0 Å². The van der Waals surface area contributed by atoms with E-state index in [1.165, 1.54) is 4.68 Å². The first-order chi connectivity index (χ1) is 16.7. The van der Waals surface area contributed by atoms with E-state index in [0.29, 0.717) is 28.1 Å². The molecule has 8 nitrogen and oxygen atoms in total. The number of phenols is 1. The van der Waals surface area contributed by atoms with Crippen molar-refractivity contribution in [3.63, 3.8) is 0 Å². The van der Waals surface area contributed by atoms with Gasteiger partial charge in [-0.25, -0.2) is 4.68 Å². The molecule has 8 heteroatoms. The van der Waals surface area contributed by atoms with Crippen LogP contribution in [0.1, 0.15) is 35.2 Å². The molecule has 0 amide bonds. The molecule has 0 aliphatic carbocycles. The number of H-pyrrole nitrogens is 1. The third-order valence-corrected chi connectivity index (χ3v) is 6.15. The van der Waals surface area contributed by atoms with Gasteiger partial charge in [0.25, 0.3) is 5.56 Å². The number of hydrogen-bond acceptors (Lipinski definition) is 5. The summed E-state index contributed by atoms with van der Waals surface area (Å²) in [4.78, 5) is 24.2. The molecule has 0 radical (unpaired) electrons. The monoisotopic (exact) mass is 470 g/mol. The fourth-order valence-corrected chi connectivity index (χ4v) is 3.74. The van der Waals surface area contributed by atoms with Crippen molar-refractivity contribution in [1.29, 1.82) is 0 Å². The number of carboxylic acids is 1. The van der Waals surface area contributed by atoms with Crippen LogP contribution in [0, 0.1) is 20.8 Å². The van der Waals surface area contributed by atoms with Gasteiger partial charge in [0.1, 0.15) is 5.69 Å². The summed E-state index contributed by atoms with van der Waals surface area (Å²) in [5.41, 5.74) is 5.37. The Labute approximate surface area is 202 Å². The van der Waals surface area contributed by atoms with Crippen LogP contribution in [-0.2, 0) is 4.79 Å². The number of aromatic hydroxyl groups is 1. The smallest absolute Gasteiger partial charge is 0.310 e. The molecule has 3 N–H and O–H groups in total. The Balaban J connectivity index is 1.65. The Morgan fingerprint density at radius 1 is 0.971 bits per heavy atom. The number of carbonyl (C=O) groups is 1. The number of rotatable bonds is 6. The minimum atomic E-state index is -0.903. The van der Waals surface area contributed by atoms with E-state index in [2.05, 4.69) is 15.3 Å². The van der Waals surface area contributed by atoms with Crippen molar-refractivity contribution in [2.45, 2.75) is 33.6 Å². The summed E-state index contributed by atoms with van der Waals surface area (Å²) in [6.45, 7) is 7.35. The van der Waals surface area contributed by atoms with E-state index in [1.807, 2.05) is 32.0 Å². The number of aromatic amines is 1. The molecular formula is C27H26N4O4. The van der Waals surface area contributed by atoms with Crippen molar-refractivity contribution >= 4 is 17.3 Å². The number of nitrogens with one attached hydrogen (secondary N) is 1. The van der Waals surface area contributed by atoms with Gasteiger partial charge >= 0.3 is 5.97 Å². The van der Waals surface area contributed by atoms with Crippen molar-refractivity contribution in [2.75, 3.05) is 0 Å². The molecule has 0 spiro atoms. The lowest BCUT2D eigenvalue weighted by molar-refractivity contribution is -0.138.